The number of aryl methyl sites for hydroxylation is 1. The molecule has 2 heteroatoms. The number of aromatic nitrogens is 2. The van der Waals surface area contributed by atoms with Crippen molar-refractivity contribution in [3.63, 3.8) is 0 Å². The summed E-state index contributed by atoms with van der Waals surface area (Å²) in [5, 5.41) is 0. The molecule has 14 heavy (non-hydrogen) atoms. The lowest BCUT2D eigenvalue weighted by Gasteiger charge is -2.06. The minimum Gasteiger partial charge on any atom is -0.261 e. The normalized spacial score (nSPS) is 10.1. The molecule has 0 saturated carbocycles. The van der Waals surface area contributed by atoms with Crippen molar-refractivity contribution < 1.29 is 0 Å². The van der Waals surface area contributed by atoms with Gasteiger partial charge < -0.3 is 0 Å². The summed E-state index contributed by atoms with van der Waals surface area (Å²) in [7, 11) is 0. The van der Waals surface area contributed by atoms with E-state index < -0.39 is 0 Å². The first kappa shape index (κ1) is 8.88. The van der Waals surface area contributed by atoms with E-state index in [9.17, 15) is 0 Å². The van der Waals surface area contributed by atoms with Crippen LogP contribution in [0.2, 0.25) is 0 Å². The molecular weight excluding hydrogens is 172 g/mol. The molecule has 2 rings (SSSR count). The maximum absolute atomic E-state index is 4.29. The van der Waals surface area contributed by atoms with Crippen LogP contribution in [0.15, 0.2) is 36.8 Å². The van der Waals surface area contributed by atoms with E-state index in [1.165, 1.54) is 11.1 Å². The molecule has 0 atom stereocenters. The quantitative estimate of drug-likeness (QED) is 0.681. The molecule has 2 nitrogen and oxygen atoms in total. The average molecular weight is 184 g/mol. The second-order valence-corrected chi connectivity index (χ2v) is 3.34. The van der Waals surface area contributed by atoms with Crippen molar-refractivity contribution in [2.24, 2.45) is 0 Å². The van der Waals surface area contributed by atoms with Gasteiger partial charge in [-0.15, -0.1) is 0 Å². The van der Waals surface area contributed by atoms with Gasteiger partial charge in [0.25, 0.3) is 0 Å². The third-order valence-corrected chi connectivity index (χ3v) is 2.44. The second kappa shape index (κ2) is 3.58. The van der Waals surface area contributed by atoms with Gasteiger partial charge in [-0.25, -0.2) is 0 Å². The van der Waals surface area contributed by atoms with E-state index in [-0.39, 0.29) is 0 Å². The molecule has 2 aromatic rings. The monoisotopic (exact) mass is 184 g/mol. The minimum atomic E-state index is 0.939. The Balaban J connectivity index is 2.58. The van der Waals surface area contributed by atoms with Crippen molar-refractivity contribution in [3.05, 3.63) is 47.9 Å². The van der Waals surface area contributed by atoms with Crippen LogP contribution in [-0.2, 0) is 0 Å². The van der Waals surface area contributed by atoms with E-state index in [4.69, 9.17) is 0 Å². The molecule has 1 aromatic carbocycles. The summed E-state index contributed by atoms with van der Waals surface area (Å²) in [4.78, 5) is 8.36. The van der Waals surface area contributed by atoms with Crippen LogP contribution in [0.3, 0.4) is 0 Å². The molecule has 0 unspecified atom stereocenters. The van der Waals surface area contributed by atoms with E-state index in [1.807, 2.05) is 6.07 Å². The zero-order valence-electron chi connectivity index (χ0n) is 8.36. The molecule has 0 radical (unpaired) electrons. The molecule has 0 aliphatic carbocycles. The molecule has 0 aliphatic heterocycles. The largest absolute Gasteiger partial charge is 0.261 e. The Kier molecular flexibility index (Phi) is 2.27. The van der Waals surface area contributed by atoms with Gasteiger partial charge in [-0.05, 0) is 25.0 Å². The molecule has 0 aliphatic rings. The summed E-state index contributed by atoms with van der Waals surface area (Å²) in [6.45, 7) is 4.22. The maximum atomic E-state index is 4.29. The van der Waals surface area contributed by atoms with Crippen molar-refractivity contribution in [1.29, 1.82) is 0 Å². The zero-order valence-corrected chi connectivity index (χ0v) is 8.36. The Hall–Kier alpha value is -1.70. The Bertz CT molecular complexity index is 435. The second-order valence-electron chi connectivity index (χ2n) is 3.34. The van der Waals surface area contributed by atoms with Gasteiger partial charge in [0.15, 0.2) is 0 Å². The Morgan fingerprint density at radius 1 is 1.07 bits per heavy atom. The van der Waals surface area contributed by atoms with Crippen LogP contribution in [0.4, 0.5) is 0 Å². The number of nitrogens with zero attached hydrogens (tertiary/aromatic N) is 2. The molecule has 0 saturated heterocycles. The summed E-state index contributed by atoms with van der Waals surface area (Å²) in [5.41, 5.74) is 4.66. The first-order valence-corrected chi connectivity index (χ1v) is 4.61. The summed E-state index contributed by atoms with van der Waals surface area (Å²) in [5.74, 6) is 0. The van der Waals surface area contributed by atoms with Crippen LogP contribution >= 0.6 is 0 Å². The van der Waals surface area contributed by atoms with Crippen molar-refractivity contribution >= 4 is 0 Å². The third kappa shape index (κ3) is 1.51. The molecule has 1 heterocycles. The van der Waals surface area contributed by atoms with Gasteiger partial charge in [-0.3, -0.25) is 9.97 Å². The van der Waals surface area contributed by atoms with Gasteiger partial charge in [0, 0.05) is 18.0 Å². The molecule has 0 N–H and O–H groups in total. The number of rotatable bonds is 1. The summed E-state index contributed by atoms with van der Waals surface area (Å²) >= 11 is 0. The summed E-state index contributed by atoms with van der Waals surface area (Å²) in [6.07, 6.45) is 5.20. The van der Waals surface area contributed by atoms with E-state index in [0.717, 1.165) is 11.3 Å². The fourth-order valence-corrected chi connectivity index (χ4v) is 1.47. The Morgan fingerprint density at radius 2 is 1.93 bits per heavy atom. The van der Waals surface area contributed by atoms with Crippen LogP contribution < -0.4 is 0 Å². The van der Waals surface area contributed by atoms with Crippen molar-refractivity contribution in [2.75, 3.05) is 0 Å². The van der Waals surface area contributed by atoms with E-state index in [1.54, 1.807) is 18.6 Å². The van der Waals surface area contributed by atoms with Crippen molar-refractivity contribution in [2.45, 2.75) is 13.8 Å². The highest BCUT2D eigenvalue weighted by Crippen LogP contribution is 2.22. The highest BCUT2D eigenvalue weighted by molar-refractivity contribution is 5.63. The lowest BCUT2D eigenvalue weighted by Crippen LogP contribution is -1.89. The van der Waals surface area contributed by atoms with E-state index >= 15 is 0 Å². The van der Waals surface area contributed by atoms with Crippen molar-refractivity contribution in [3.8, 4) is 11.3 Å². The third-order valence-electron chi connectivity index (χ3n) is 2.44. The van der Waals surface area contributed by atoms with Crippen LogP contribution in [0, 0.1) is 13.8 Å². The number of benzene rings is 1. The SMILES string of the molecule is Cc1cccc(-c2cnccn2)c1C. The van der Waals surface area contributed by atoms with Gasteiger partial charge in [-0.1, -0.05) is 18.2 Å². The zero-order chi connectivity index (χ0) is 9.97. The van der Waals surface area contributed by atoms with E-state index in [0.29, 0.717) is 0 Å². The topological polar surface area (TPSA) is 25.8 Å². The Morgan fingerprint density at radius 3 is 2.64 bits per heavy atom. The number of hydrogen-bond acceptors (Lipinski definition) is 2. The van der Waals surface area contributed by atoms with Crippen LogP contribution in [0.5, 0.6) is 0 Å². The fourth-order valence-electron chi connectivity index (χ4n) is 1.47. The Labute approximate surface area is 83.7 Å². The summed E-state index contributed by atoms with van der Waals surface area (Å²) < 4.78 is 0. The molecule has 0 fully saturated rings. The average Bonchev–Trinajstić information content (AvgIpc) is 2.23. The van der Waals surface area contributed by atoms with Crippen molar-refractivity contribution in [1.82, 2.24) is 9.97 Å². The van der Waals surface area contributed by atoms with Gasteiger partial charge in [-0.2, -0.15) is 0 Å². The lowest BCUT2D eigenvalue weighted by molar-refractivity contribution is 1.19. The maximum Gasteiger partial charge on any atom is 0.0887 e. The lowest BCUT2D eigenvalue weighted by atomic mass is 10.0. The van der Waals surface area contributed by atoms with Gasteiger partial charge in [0.2, 0.25) is 0 Å². The van der Waals surface area contributed by atoms with Gasteiger partial charge in [0.1, 0.15) is 0 Å². The highest BCUT2D eigenvalue weighted by Gasteiger charge is 2.03. The predicted molar refractivity (Wildman–Crippen MR) is 56.9 cm³/mol. The van der Waals surface area contributed by atoms with Crippen LogP contribution in [0.1, 0.15) is 11.1 Å². The van der Waals surface area contributed by atoms with Gasteiger partial charge in [0.05, 0.1) is 11.9 Å². The fraction of sp³-hybridized carbons (Fsp3) is 0.167. The molecule has 0 amide bonds. The first-order valence-electron chi connectivity index (χ1n) is 4.61. The first-order chi connectivity index (χ1) is 6.79. The molecule has 0 bridgehead atoms. The molecule has 1 aromatic heterocycles. The summed E-state index contributed by atoms with van der Waals surface area (Å²) in [6, 6.07) is 6.23. The van der Waals surface area contributed by atoms with Crippen LogP contribution in [0.25, 0.3) is 11.3 Å². The van der Waals surface area contributed by atoms with Gasteiger partial charge >= 0.3 is 0 Å². The molecule has 0 spiro atoms. The smallest absolute Gasteiger partial charge is 0.0887 e. The van der Waals surface area contributed by atoms with E-state index in [2.05, 4.69) is 35.9 Å². The highest BCUT2D eigenvalue weighted by atomic mass is 14.8. The minimum absolute atomic E-state index is 0.939. The number of hydrogen-bond donors (Lipinski definition) is 0. The molecular formula is C12H12N2. The molecule has 70 valence electrons. The predicted octanol–water partition coefficient (Wildman–Crippen LogP) is 2.76. The standard InChI is InChI=1S/C12H12N2/c1-9-4-3-5-11(10(9)2)12-8-13-6-7-14-12/h3-8H,1-2H3. The van der Waals surface area contributed by atoms with Crippen LogP contribution in [-0.4, -0.2) is 9.97 Å².